The van der Waals surface area contributed by atoms with E-state index in [4.69, 9.17) is 18.0 Å². The third kappa shape index (κ3) is 1.38. The van der Waals surface area contributed by atoms with Crippen molar-refractivity contribution in [2.75, 3.05) is 0 Å². The Labute approximate surface area is 96.5 Å². The van der Waals surface area contributed by atoms with Crippen LogP contribution in [0.2, 0.25) is 0 Å². The molecular formula is C11H19N3S. The summed E-state index contributed by atoms with van der Waals surface area (Å²) in [6.07, 6.45) is 3.66. The molecule has 3 nitrogen and oxygen atoms in total. The van der Waals surface area contributed by atoms with Gasteiger partial charge in [0, 0.05) is 11.1 Å². The SMILES string of the molecule is CC12CCC(C/C1=N\NC(N)=S)C2(C)C. The molecule has 15 heavy (non-hydrogen) atoms. The third-order valence-corrected chi connectivity index (χ3v) is 4.90. The average molecular weight is 225 g/mol. The molecule has 2 fully saturated rings. The molecule has 4 heteroatoms. The number of nitrogens with two attached hydrogens (primary N) is 1. The molecule has 2 rings (SSSR count). The zero-order valence-electron chi connectivity index (χ0n) is 9.63. The second-order valence-electron chi connectivity index (χ2n) is 5.53. The van der Waals surface area contributed by atoms with Crippen molar-refractivity contribution in [1.29, 1.82) is 0 Å². The van der Waals surface area contributed by atoms with Crippen LogP contribution in [0.25, 0.3) is 0 Å². The van der Waals surface area contributed by atoms with Crippen LogP contribution in [-0.4, -0.2) is 10.8 Å². The van der Waals surface area contributed by atoms with E-state index in [1.54, 1.807) is 0 Å². The van der Waals surface area contributed by atoms with Crippen molar-refractivity contribution in [2.24, 2.45) is 27.6 Å². The van der Waals surface area contributed by atoms with E-state index in [9.17, 15) is 0 Å². The highest BCUT2D eigenvalue weighted by atomic mass is 32.1. The molecule has 2 saturated carbocycles. The normalized spacial score (nSPS) is 39.7. The van der Waals surface area contributed by atoms with Crippen LogP contribution in [0.3, 0.4) is 0 Å². The predicted molar refractivity (Wildman–Crippen MR) is 66.6 cm³/mol. The molecule has 0 spiro atoms. The van der Waals surface area contributed by atoms with Gasteiger partial charge in [-0.1, -0.05) is 20.8 Å². The van der Waals surface area contributed by atoms with Crippen LogP contribution in [0.1, 0.15) is 40.0 Å². The first-order chi connectivity index (χ1) is 6.88. The maximum Gasteiger partial charge on any atom is 0.184 e. The van der Waals surface area contributed by atoms with Gasteiger partial charge < -0.3 is 5.73 Å². The molecular weight excluding hydrogens is 206 g/mol. The zero-order chi connectivity index (χ0) is 11.3. The smallest absolute Gasteiger partial charge is 0.184 e. The van der Waals surface area contributed by atoms with E-state index >= 15 is 0 Å². The monoisotopic (exact) mass is 225 g/mol. The number of hydrazone groups is 1. The largest absolute Gasteiger partial charge is 0.375 e. The lowest BCUT2D eigenvalue weighted by Gasteiger charge is -2.34. The van der Waals surface area contributed by atoms with Gasteiger partial charge in [0.25, 0.3) is 0 Å². The van der Waals surface area contributed by atoms with Crippen molar-refractivity contribution in [2.45, 2.75) is 40.0 Å². The number of hydrogen-bond acceptors (Lipinski definition) is 2. The fraction of sp³-hybridized carbons (Fsp3) is 0.818. The summed E-state index contributed by atoms with van der Waals surface area (Å²) < 4.78 is 0. The molecule has 2 bridgehead atoms. The summed E-state index contributed by atoms with van der Waals surface area (Å²) in [4.78, 5) is 0. The summed E-state index contributed by atoms with van der Waals surface area (Å²) in [7, 11) is 0. The number of hydrogen-bond donors (Lipinski definition) is 2. The highest BCUT2D eigenvalue weighted by Gasteiger charge is 2.59. The van der Waals surface area contributed by atoms with Crippen LogP contribution in [0.5, 0.6) is 0 Å². The summed E-state index contributed by atoms with van der Waals surface area (Å²) >= 11 is 4.77. The lowest BCUT2D eigenvalue weighted by atomic mass is 9.70. The summed E-state index contributed by atoms with van der Waals surface area (Å²) in [5.41, 5.74) is 9.97. The topological polar surface area (TPSA) is 50.4 Å². The second kappa shape index (κ2) is 3.17. The number of fused-ring (bicyclic) bond motifs is 2. The van der Waals surface area contributed by atoms with Gasteiger partial charge in [-0.05, 0) is 42.8 Å². The van der Waals surface area contributed by atoms with E-state index in [0.29, 0.717) is 5.41 Å². The number of thiocarbonyl (C=S) groups is 1. The van der Waals surface area contributed by atoms with E-state index in [1.807, 2.05) is 0 Å². The van der Waals surface area contributed by atoms with Crippen LogP contribution >= 0.6 is 12.2 Å². The Balaban J connectivity index is 2.26. The predicted octanol–water partition coefficient (Wildman–Crippen LogP) is 2.02. The van der Waals surface area contributed by atoms with Gasteiger partial charge in [-0.3, -0.25) is 5.43 Å². The molecule has 0 saturated heterocycles. The molecule has 0 heterocycles. The van der Waals surface area contributed by atoms with Gasteiger partial charge in [-0.2, -0.15) is 5.10 Å². The van der Waals surface area contributed by atoms with Crippen LogP contribution < -0.4 is 11.2 Å². The average Bonchev–Trinajstić information content (AvgIpc) is 2.46. The third-order valence-electron chi connectivity index (χ3n) is 4.81. The van der Waals surface area contributed by atoms with Crippen molar-refractivity contribution in [1.82, 2.24) is 5.43 Å². The minimum Gasteiger partial charge on any atom is -0.375 e. The van der Waals surface area contributed by atoms with Crippen molar-refractivity contribution >= 4 is 23.0 Å². The van der Waals surface area contributed by atoms with Gasteiger partial charge in [-0.15, -0.1) is 0 Å². The van der Waals surface area contributed by atoms with Crippen molar-refractivity contribution in [3.05, 3.63) is 0 Å². The maximum absolute atomic E-state index is 5.39. The lowest BCUT2D eigenvalue weighted by Crippen LogP contribution is -2.35. The standard InChI is InChI=1S/C11H19N3S/c1-10(2)7-4-5-11(10,3)8(6-7)13-14-9(12)15/h7H,4-6H2,1-3H3,(H3,12,14,15)/b13-8+. The minimum atomic E-state index is 0.232. The second-order valence-corrected chi connectivity index (χ2v) is 5.97. The Kier molecular flexibility index (Phi) is 2.30. The summed E-state index contributed by atoms with van der Waals surface area (Å²) in [6.45, 7) is 7.03. The highest BCUT2D eigenvalue weighted by molar-refractivity contribution is 7.80. The molecule has 0 amide bonds. The van der Waals surface area contributed by atoms with Gasteiger partial charge in [0.2, 0.25) is 0 Å². The fourth-order valence-corrected chi connectivity index (χ4v) is 3.27. The Morgan fingerprint density at radius 1 is 1.53 bits per heavy atom. The van der Waals surface area contributed by atoms with E-state index in [1.165, 1.54) is 18.6 Å². The van der Waals surface area contributed by atoms with Crippen molar-refractivity contribution < 1.29 is 0 Å². The molecule has 2 unspecified atom stereocenters. The molecule has 0 radical (unpaired) electrons. The van der Waals surface area contributed by atoms with Crippen LogP contribution in [0.4, 0.5) is 0 Å². The van der Waals surface area contributed by atoms with Crippen molar-refractivity contribution in [3.63, 3.8) is 0 Å². The molecule has 2 atom stereocenters. The lowest BCUT2D eigenvalue weighted by molar-refractivity contribution is 0.193. The van der Waals surface area contributed by atoms with Crippen LogP contribution in [-0.2, 0) is 0 Å². The maximum atomic E-state index is 5.39. The van der Waals surface area contributed by atoms with Gasteiger partial charge in [0.1, 0.15) is 0 Å². The Hall–Kier alpha value is -0.640. The van der Waals surface area contributed by atoms with Gasteiger partial charge in [-0.25, -0.2) is 0 Å². The summed E-state index contributed by atoms with van der Waals surface area (Å²) in [5, 5.41) is 4.63. The first kappa shape index (κ1) is 10.9. The Bertz CT molecular complexity index is 335. The molecule has 0 aromatic rings. The fourth-order valence-electron chi connectivity index (χ4n) is 3.22. The molecule has 2 aliphatic rings. The molecule has 2 aliphatic carbocycles. The van der Waals surface area contributed by atoms with Gasteiger partial charge in [0.15, 0.2) is 5.11 Å². The van der Waals surface area contributed by atoms with E-state index in [-0.39, 0.29) is 10.5 Å². The van der Waals surface area contributed by atoms with E-state index in [2.05, 4.69) is 31.3 Å². The Morgan fingerprint density at radius 2 is 2.20 bits per heavy atom. The number of rotatable bonds is 1. The van der Waals surface area contributed by atoms with Gasteiger partial charge in [0.05, 0.1) is 0 Å². The first-order valence-electron chi connectivity index (χ1n) is 5.50. The van der Waals surface area contributed by atoms with Gasteiger partial charge >= 0.3 is 0 Å². The molecule has 84 valence electrons. The highest BCUT2D eigenvalue weighted by Crippen LogP contribution is 2.63. The quantitative estimate of drug-likeness (QED) is 0.530. The zero-order valence-corrected chi connectivity index (χ0v) is 10.4. The van der Waals surface area contributed by atoms with Crippen molar-refractivity contribution in [3.8, 4) is 0 Å². The van der Waals surface area contributed by atoms with E-state index in [0.717, 1.165) is 12.3 Å². The van der Waals surface area contributed by atoms with Crippen LogP contribution in [0, 0.1) is 16.7 Å². The van der Waals surface area contributed by atoms with Crippen LogP contribution in [0.15, 0.2) is 5.10 Å². The number of nitrogens with zero attached hydrogens (tertiary/aromatic N) is 1. The Morgan fingerprint density at radius 3 is 2.60 bits per heavy atom. The van der Waals surface area contributed by atoms with E-state index < -0.39 is 0 Å². The molecule has 0 aromatic carbocycles. The summed E-state index contributed by atoms with van der Waals surface area (Å²) in [6, 6.07) is 0. The molecule has 0 aromatic heterocycles. The number of nitrogens with one attached hydrogen (secondary N) is 1. The molecule has 3 N–H and O–H groups in total. The molecule has 0 aliphatic heterocycles. The minimum absolute atomic E-state index is 0.232. The first-order valence-corrected chi connectivity index (χ1v) is 5.91. The summed E-state index contributed by atoms with van der Waals surface area (Å²) in [5.74, 6) is 0.773.